The molecule has 2 unspecified atom stereocenters. The molecule has 186 valence electrons. The van der Waals surface area contributed by atoms with Crippen molar-refractivity contribution >= 4 is 16.7 Å². The molecule has 35 heavy (non-hydrogen) atoms. The molecule has 0 aromatic heterocycles. The number of rotatable bonds is 11. The molecule has 0 spiro atoms. The van der Waals surface area contributed by atoms with Crippen LogP contribution in [0.5, 0.6) is 0 Å². The van der Waals surface area contributed by atoms with Gasteiger partial charge in [0.15, 0.2) is 0 Å². The maximum atomic E-state index is 14.1. The molecule has 0 bridgehead atoms. The number of aliphatic carboxylic acids is 1. The summed E-state index contributed by atoms with van der Waals surface area (Å²) in [5.74, 6) is -0.200. The monoisotopic (exact) mass is 476 g/mol. The van der Waals surface area contributed by atoms with E-state index >= 15 is 0 Å². The van der Waals surface area contributed by atoms with Gasteiger partial charge < -0.3 is 15.3 Å². The molecule has 1 heterocycles. The average molecular weight is 477 g/mol. The maximum Gasteiger partial charge on any atom is 0.303 e. The number of carboxylic acid groups (broad SMARTS) is 1. The molecule has 2 N–H and O–H groups in total. The predicted molar refractivity (Wildman–Crippen MR) is 140 cm³/mol. The standard InChI is InChI=1S/C30H37FN2O2/c1-22(27-14-8-10-23-9-4-5-13-28(23)27)32-20-25-16-18-33(17-6-2-3-15-30(34)35)21-29(25)24-11-7-12-26(31)19-24/h4-5,7-14,19,22,25,29,32H,2-3,6,15-18,20-21H2,1H3,(H,34,35)/t22-,25?,29?/m1/s1. The quantitative estimate of drug-likeness (QED) is 0.315. The van der Waals surface area contributed by atoms with E-state index in [1.54, 1.807) is 6.07 Å². The zero-order chi connectivity index (χ0) is 24.6. The Hall–Kier alpha value is -2.76. The van der Waals surface area contributed by atoms with Crippen LogP contribution in [0.15, 0.2) is 66.7 Å². The number of nitrogens with zero attached hydrogens (tertiary/aromatic N) is 1. The Morgan fingerprint density at radius 2 is 1.89 bits per heavy atom. The predicted octanol–water partition coefficient (Wildman–Crippen LogP) is 6.38. The van der Waals surface area contributed by atoms with Crippen LogP contribution < -0.4 is 5.32 Å². The highest BCUT2D eigenvalue weighted by atomic mass is 19.1. The molecule has 1 fully saturated rings. The van der Waals surface area contributed by atoms with Gasteiger partial charge in [-0.05, 0) is 85.8 Å². The SMILES string of the molecule is C[C@@H](NCC1CCN(CCCCCC(=O)O)CC1c1cccc(F)c1)c1cccc2ccccc12. The van der Waals surface area contributed by atoms with Crippen molar-refractivity contribution in [3.05, 3.63) is 83.7 Å². The number of piperidine rings is 1. The number of carbonyl (C=O) groups is 1. The second-order valence-corrected chi connectivity index (χ2v) is 9.91. The third kappa shape index (κ3) is 6.89. The summed E-state index contributed by atoms with van der Waals surface area (Å²) >= 11 is 0. The zero-order valence-electron chi connectivity index (χ0n) is 20.6. The summed E-state index contributed by atoms with van der Waals surface area (Å²) in [7, 11) is 0. The van der Waals surface area contributed by atoms with Gasteiger partial charge in [-0.25, -0.2) is 4.39 Å². The first-order valence-corrected chi connectivity index (χ1v) is 12.9. The number of hydrogen-bond acceptors (Lipinski definition) is 3. The van der Waals surface area contributed by atoms with E-state index in [0.29, 0.717) is 5.92 Å². The molecule has 4 nitrogen and oxygen atoms in total. The summed E-state index contributed by atoms with van der Waals surface area (Å²) in [6, 6.07) is 22.3. The minimum Gasteiger partial charge on any atom is -0.481 e. The van der Waals surface area contributed by atoms with Gasteiger partial charge in [0.1, 0.15) is 5.82 Å². The van der Waals surface area contributed by atoms with E-state index in [0.717, 1.165) is 57.4 Å². The van der Waals surface area contributed by atoms with Gasteiger partial charge in [0.05, 0.1) is 0 Å². The minimum absolute atomic E-state index is 0.177. The van der Waals surface area contributed by atoms with Crippen molar-refractivity contribution in [2.75, 3.05) is 26.2 Å². The van der Waals surface area contributed by atoms with Crippen LogP contribution in [0.3, 0.4) is 0 Å². The van der Waals surface area contributed by atoms with Crippen molar-refractivity contribution in [1.82, 2.24) is 10.2 Å². The molecular formula is C30H37FN2O2. The molecule has 1 aliphatic heterocycles. The van der Waals surface area contributed by atoms with Crippen LogP contribution in [-0.4, -0.2) is 42.2 Å². The third-order valence-electron chi connectivity index (χ3n) is 7.46. The van der Waals surface area contributed by atoms with Gasteiger partial charge in [-0.1, -0.05) is 61.0 Å². The molecule has 0 amide bonds. The molecule has 0 saturated carbocycles. The second-order valence-electron chi connectivity index (χ2n) is 9.91. The van der Waals surface area contributed by atoms with Gasteiger partial charge in [-0.2, -0.15) is 0 Å². The van der Waals surface area contributed by atoms with Crippen LogP contribution in [0, 0.1) is 11.7 Å². The molecule has 1 saturated heterocycles. The molecule has 3 aromatic carbocycles. The second kappa shape index (κ2) is 12.3. The van der Waals surface area contributed by atoms with Crippen molar-refractivity contribution < 1.29 is 14.3 Å². The summed E-state index contributed by atoms with van der Waals surface area (Å²) in [5, 5.41) is 15.2. The van der Waals surface area contributed by atoms with E-state index in [2.05, 4.69) is 65.7 Å². The number of hydrogen-bond donors (Lipinski definition) is 2. The highest BCUT2D eigenvalue weighted by molar-refractivity contribution is 5.86. The molecule has 4 rings (SSSR count). The highest BCUT2D eigenvalue weighted by Crippen LogP contribution is 2.33. The Labute approximate surface area is 208 Å². The maximum absolute atomic E-state index is 14.1. The lowest BCUT2D eigenvalue weighted by Gasteiger charge is -2.39. The fourth-order valence-corrected chi connectivity index (χ4v) is 5.48. The first-order valence-electron chi connectivity index (χ1n) is 12.9. The summed E-state index contributed by atoms with van der Waals surface area (Å²) in [6.07, 6.45) is 3.97. The first kappa shape index (κ1) is 25.3. The molecular weight excluding hydrogens is 439 g/mol. The zero-order valence-corrected chi connectivity index (χ0v) is 20.6. The topological polar surface area (TPSA) is 52.6 Å². The first-order chi connectivity index (χ1) is 17.0. The third-order valence-corrected chi connectivity index (χ3v) is 7.46. The summed E-state index contributed by atoms with van der Waals surface area (Å²) in [5.41, 5.74) is 2.38. The number of fused-ring (bicyclic) bond motifs is 1. The van der Waals surface area contributed by atoms with E-state index in [1.807, 2.05) is 6.07 Å². The van der Waals surface area contributed by atoms with Crippen LogP contribution in [0.2, 0.25) is 0 Å². The Balaban J connectivity index is 1.40. The van der Waals surface area contributed by atoms with Crippen LogP contribution in [0.4, 0.5) is 4.39 Å². The van der Waals surface area contributed by atoms with E-state index in [-0.39, 0.29) is 24.2 Å². The Morgan fingerprint density at radius 3 is 2.71 bits per heavy atom. The van der Waals surface area contributed by atoms with E-state index in [9.17, 15) is 9.18 Å². The molecule has 1 aliphatic rings. The lowest BCUT2D eigenvalue weighted by atomic mass is 9.80. The fraction of sp³-hybridized carbons (Fsp3) is 0.433. The number of benzene rings is 3. The molecule has 0 aliphatic carbocycles. The number of unbranched alkanes of at least 4 members (excludes halogenated alkanes) is 2. The van der Waals surface area contributed by atoms with Crippen LogP contribution in [-0.2, 0) is 4.79 Å². The van der Waals surface area contributed by atoms with E-state index < -0.39 is 5.97 Å². The van der Waals surface area contributed by atoms with E-state index in [1.165, 1.54) is 22.4 Å². The summed E-state index contributed by atoms with van der Waals surface area (Å²) in [6.45, 7) is 6.03. The Kier molecular flexibility index (Phi) is 8.89. The number of halogens is 1. The van der Waals surface area contributed by atoms with Gasteiger partial charge >= 0.3 is 5.97 Å². The van der Waals surface area contributed by atoms with Crippen LogP contribution >= 0.6 is 0 Å². The largest absolute Gasteiger partial charge is 0.481 e. The Bertz CT molecular complexity index is 1110. The molecule has 3 aromatic rings. The summed E-state index contributed by atoms with van der Waals surface area (Å²) in [4.78, 5) is 13.2. The lowest BCUT2D eigenvalue weighted by Crippen LogP contribution is -2.43. The molecule has 0 radical (unpaired) electrons. The van der Waals surface area contributed by atoms with Gasteiger partial charge in [0.2, 0.25) is 0 Å². The van der Waals surface area contributed by atoms with Gasteiger partial charge in [0.25, 0.3) is 0 Å². The van der Waals surface area contributed by atoms with Crippen molar-refractivity contribution in [2.45, 2.75) is 51.0 Å². The van der Waals surface area contributed by atoms with Gasteiger partial charge in [0, 0.05) is 24.9 Å². The van der Waals surface area contributed by atoms with Crippen molar-refractivity contribution in [3.8, 4) is 0 Å². The fourth-order valence-electron chi connectivity index (χ4n) is 5.48. The smallest absolute Gasteiger partial charge is 0.303 e. The van der Waals surface area contributed by atoms with Gasteiger partial charge in [-0.3, -0.25) is 4.79 Å². The Morgan fingerprint density at radius 1 is 1.09 bits per heavy atom. The van der Waals surface area contributed by atoms with Crippen LogP contribution in [0.25, 0.3) is 10.8 Å². The molecule has 3 atom stereocenters. The number of nitrogens with one attached hydrogen (secondary N) is 1. The van der Waals surface area contributed by atoms with Gasteiger partial charge in [-0.15, -0.1) is 0 Å². The minimum atomic E-state index is -0.720. The van der Waals surface area contributed by atoms with Crippen LogP contribution in [0.1, 0.15) is 62.1 Å². The normalized spacial score (nSPS) is 19.6. The van der Waals surface area contributed by atoms with E-state index in [4.69, 9.17) is 5.11 Å². The number of carboxylic acids is 1. The number of likely N-dealkylation sites (tertiary alicyclic amines) is 1. The molecule has 5 heteroatoms. The highest BCUT2D eigenvalue weighted by Gasteiger charge is 2.30. The van der Waals surface area contributed by atoms with Crippen molar-refractivity contribution in [1.29, 1.82) is 0 Å². The van der Waals surface area contributed by atoms with Crippen molar-refractivity contribution in [2.24, 2.45) is 5.92 Å². The average Bonchev–Trinajstić information content (AvgIpc) is 2.87. The summed E-state index contributed by atoms with van der Waals surface area (Å²) < 4.78 is 14.1. The van der Waals surface area contributed by atoms with Crippen molar-refractivity contribution in [3.63, 3.8) is 0 Å². The lowest BCUT2D eigenvalue weighted by molar-refractivity contribution is -0.137.